The summed E-state index contributed by atoms with van der Waals surface area (Å²) in [7, 11) is 3.14. The number of methoxy groups -OCH3 is 2. The minimum Gasteiger partial charge on any atom is -0.496 e. The Labute approximate surface area is 144 Å². The van der Waals surface area contributed by atoms with E-state index < -0.39 is 0 Å². The van der Waals surface area contributed by atoms with Crippen LogP contribution in [0.5, 0.6) is 11.5 Å². The lowest BCUT2D eigenvalue weighted by molar-refractivity contribution is 0.396. The quantitative estimate of drug-likeness (QED) is 0.513. The van der Waals surface area contributed by atoms with E-state index in [1.807, 2.05) is 48.5 Å². The lowest BCUT2D eigenvalue weighted by atomic mass is 9.98. The molecule has 3 aromatic carbocycles. The Morgan fingerprint density at radius 1 is 0.800 bits per heavy atom. The van der Waals surface area contributed by atoms with Crippen LogP contribution in [0.2, 0.25) is 0 Å². The first-order valence-corrected chi connectivity index (χ1v) is 7.89. The van der Waals surface area contributed by atoms with Crippen LogP contribution in [0.15, 0.2) is 69.9 Å². The van der Waals surface area contributed by atoms with Crippen molar-refractivity contribution in [1.82, 2.24) is 0 Å². The summed E-state index contributed by atoms with van der Waals surface area (Å²) in [5, 5.41) is 2.80. The zero-order valence-electron chi connectivity index (χ0n) is 13.9. The van der Waals surface area contributed by atoms with Gasteiger partial charge in [0.15, 0.2) is 0 Å². The summed E-state index contributed by atoms with van der Waals surface area (Å²) >= 11 is 0. The maximum atomic E-state index is 12.6. The Morgan fingerprint density at radius 3 is 2.40 bits per heavy atom. The molecule has 0 amide bonds. The summed E-state index contributed by atoms with van der Waals surface area (Å²) in [5.74, 6) is 1.17. The summed E-state index contributed by atoms with van der Waals surface area (Å²) in [6.07, 6.45) is 0. The fraction of sp³-hybridized carbons (Fsp3) is 0.0952. The summed E-state index contributed by atoms with van der Waals surface area (Å²) in [6.45, 7) is 0. The zero-order chi connectivity index (χ0) is 17.4. The molecule has 4 heteroatoms. The van der Waals surface area contributed by atoms with Crippen LogP contribution >= 0.6 is 0 Å². The van der Waals surface area contributed by atoms with Gasteiger partial charge in [-0.3, -0.25) is 0 Å². The lowest BCUT2D eigenvalue weighted by Crippen LogP contribution is -2.04. The second kappa shape index (κ2) is 5.98. The van der Waals surface area contributed by atoms with Gasteiger partial charge in [0.1, 0.15) is 17.1 Å². The van der Waals surface area contributed by atoms with Crippen LogP contribution in [-0.4, -0.2) is 14.2 Å². The van der Waals surface area contributed by atoms with E-state index in [1.54, 1.807) is 26.4 Å². The molecule has 124 valence electrons. The van der Waals surface area contributed by atoms with Crippen LogP contribution < -0.4 is 15.1 Å². The fourth-order valence-corrected chi connectivity index (χ4v) is 3.10. The predicted molar refractivity (Wildman–Crippen MR) is 98.5 cm³/mol. The van der Waals surface area contributed by atoms with E-state index in [9.17, 15) is 4.79 Å². The first-order valence-electron chi connectivity index (χ1n) is 7.89. The molecule has 0 spiro atoms. The largest absolute Gasteiger partial charge is 0.496 e. The summed E-state index contributed by atoms with van der Waals surface area (Å²) in [6, 6.07) is 19.1. The van der Waals surface area contributed by atoms with E-state index in [2.05, 4.69) is 0 Å². The van der Waals surface area contributed by atoms with Gasteiger partial charge in [-0.1, -0.05) is 42.5 Å². The van der Waals surface area contributed by atoms with Gasteiger partial charge in [0, 0.05) is 12.1 Å². The molecule has 25 heavy (non-hydrogen) atoms. The smallest absolute Gasteiger partial charge is 0.344 e. The van der Waals surface area contributed by atoms with Crippen molar-refractivity contribution in [3.63, 3.8) is 0 Å². The van der Waals surface area contributed by atoms with Crippen molar-refractivity contribution in [2.75, 3.05) is 14.2 Å². The molecule has 4 aromatic rings. The van der Waals surface area contributed by atoms with E-state index in [0.29, 0.717) is 22.6 Å². The maximum absolute atomic E-state index is 12.6. The third-order valence-corrected chi connectivity index (χ3v) is 4.32. The van der Waals surface area contributed by atoms with Crippen molar-refractivity contribution >= 4 is 21.7 Å². The summed E-state index contributed by atoms with van der Waals surface area (Å²) in [5.41, 5.74) is 1.39. The molecule has 0 aliphatic heterocycles. The van der Waals surface area contributed by atoms with Gasteiger partial charge in [-0.15, -0.1) is 0 Å². The maximum Gasteiger partial charge on any atom is 0.344 e. The Balaban J connectivity index is 2.05. The highest BCUT2D eigenvalue weighted by molar-refractivity contribution is 5.98. The second-order valence-electron chi connectivity index (χ2n) is 5.72. The van der Waals surface area contributed by atoms with E-state index in [4.69, 9.17) is 13.9 Å². The summed E-state index contributed by atoms with van der Waals surface area (Å²) < 4.78 is 16.2. The molecule has 0 N–H and O–H groups in total. The minimum atomic E-state index is -0.390. The van der Waals surface area contributed by atoms with Crippen molar-refractivity contribution < 1.29 is 13.9 Å². The molecule has 4 nitrogen and oxygen atoms in total. The van der Waals surface area contributed by atoms with Crippen molar-refractivity contribution in [2.24, 2.45) is 0 Å². The number of ether oxygens (including phenoxy) is 2. The number of fused-ring (bicyclic) bond motifs is 2. The van der Waals surface area contributed by atoms with E-state index >= 15 is 0 Å². The third kappa shape index (κ3) is 2.52. The normalized spacial score (nSPS) is 11.0. The van der Waals surface area contributed by atoms with Crippen LogP contribution in [0, 0.1) is 0 Å². The Bertz CT molecular complexity index is 1140. The molecule has 0 fully saturated rings. The van der Waals surface area contributed by atoms with Gasteiger partial charge < -0.3 is 13.9 Å². The first kappa shape index (κ1) is 15.3. The molecule has 0 aliphatic carbocycles. The molecule has 0 saturated heterocycles. The topological polar surface area (TPSA) is 48.7 Å². The Kier molecular flexibility index (Phi) is 3.65. The molecular weight excluding hydrogens is 316 g/mol. The average molecular weight is 332 g/mol. The standard InChI is InChI=1S/C21H16O4/c1-23-14-10-19(24-2)18-12-17(21(22)25-20(18)11-14)16-9-5-7-13-6-3-4-8-15(13)16/h3-12H,1-2H3. The number of rotatable bonds is 3. The molecule has 0 unspecified atom stereocenters. The van der Waals surface area contributed by atoms with Crippen molar-refractivity contribution in [3.8, 4) is 22.6 Å². The lowest BCUT2D eigenvalue weighted by Gasteiger charge is -2.10. The van der Waals surface area contributed by atoms with Crippen LogP contribution in [0.3, 0.4) is 0 Å². The van der Waals surface area contributed by atoms with E-state index in [1.165, 1.54) is 0 Å². The fourth-order valence-electron chi connectivity index (χ4n) is 3.10. The van der Waals surface area contributed by atoms with Gasteiger partial charge in [0.05, 0.1) is 25.2 Å². The van der Waals surface area contributed by atoms with Gasteiger partial charge in [0.2, 0.25) is 0 Å². The summed E-state index contributed by atoms with van der Waals surface area (Å²) in [4.78, 5) is 12.6. The number of hydrogen-bond acceptors (Lipinski definition) is 4. The highest BCUT2D eigenvalue weighted by Crippen LogP contribution is 2.34. The van der Waals surface area contributed by atoms with Crippen molar-refractivity contribution in [3.05, 3.63) is 71.1 Å². The SMILES string of the molecule is COc1cc(OC)c2cc(-c3cccc4ccccc34)c(=O)oc2c1. The van der Waals surface area contributed by atoms with Crippen molar-refractivity contribution in [1.29, 1.82) is 0 Å². The highest BCUT2D eigenvalue weighted by Gasteiger charge is 2.14. The zero-order valence-corrected chi connectivity index (χ0v) is 13.9. The van der Waals surface area contributed by atoms with Crippen LogP contribution in [0.4, 0.5) is 0 Å². The van der Waals surface area contributed by atoms with E-state index in [-0.39, 0.29) is 5.63 Å². The molecular formula is C21H16O4. The molecule has 0 bridgehead atoms. The van der Waals surface area contributed by atoms with Crippen molar-refractivity contribution in [2.45, 2.75) is 0 Å². The minimum absolute atomic E-state index is 0.390. The van der Waals surface area contributed by atoms with Crippen LogP contribution in [-0.2, 0) is 0 Å². The molecule has 1 aromatic heterocycles. The van der Waals surface area contributed by atoms with Gasteiger partial charge in [-0.05, 0) is 22.4 Å². The molecule has 0 aliphatic rings. The monoisotopic (exact) mass is 332 g/mol. The average Bonchev–Trinajstić information content (AvgIpc) is 2.66. The van der Waals surface area contributed by atoms with Crippen LogP contribution in [0.1, 0.15) is 0 Å². The number of benzene rings is 3. The molecule has 1 heterocycles. The highest BCUT2D eigenvalue weighted by atomic mass is 16.5. The Morgan fingerprint density at radius 2 is 1.60 bits per heavy atom. The molecule has 0 radical (unpaired) electrons. The second-order valence-corrected chi connectivity index (χ2v) is 5.72. The van der Waals surface area contributed by atoms with Gasteiger partial charge in [0.25, 0.3) is 0 Å². The third-order valence-electron chi connectivity index (χ3n) is 4.32. The predicted octanol–water partition coefficient (Wildman–Crippen LogP) is 4.63. The van der Waals surface area contributed by atoms with Gasteiger partial charge >= 0.3 is 5.63 Å². The van der Waals surface area contributed by atoms with Gasteiger partial charge in [-0.2, -0.15) is 0 Å². The molecule has 4 rings (SSSR count). The van der Waals surface area contributed by atoms with Gasteiger partial charge in [-0.25, -0.2) is 4.79 Å². The Hall–Kier alpha value is -3.27. The van der Waals surface area contributed by atoms with E-state index in [0.717, 1.165) is 21.7 Å². The van der Waals surface area contributed by atoms with Crippen LogP contribution in [0.25, 0.3) is 32.9 Å². The molecule has 0 saturated carbocycles. The first-order chi connectivity index (χ1) is 12.2. The molecule has 0 atom stereocenters. The number of hydrogen-bond donors (Lipinski definition) is 0.